The Morgan fingerprint density at radius 1 is 1.24 bits per heavy atom. The lowest BCUT2D eigenvalue weighted by Gasteiger charge is -2.36. The molecule has 1 N–H and O–H groups in total. The van der Waals surface area contributed by atoms with Crippen LogP contribution in [0.3, 0.4) is 0 Å². The summed E-state index contributed by atoms with van der Waals surface area (Å²) >= 11 is 0. The number of rotatable bonds is 7. The van der Waals surface area contributed by atoms with Crippen molar-refractivity contribution in [1.29, 1.82) is 0 Å². The van der Waals surface area contributed by atoms with Crippen LogP contribution >= 0.6 is 0 Å². The summed E-state index contributed by atoms with van der Waals surface area (Å²) < 4.78 is 13.9. The summed E-state index contributed by atoms with van der Waals surface area (Å²) in [5.74, 6) is -0.151. The number of aliphatic hydroxyl groups excluding tert-OH is 1. The van der Waals surface area contributed by atoms with Crippen LogP contribution in [0, 0.1) is 5.82 Å². The molecule has 1 aliphatic carbocycles. The number of amides is 1. The third-order valence-electron chi connectivity index (χ3n) is 4.95. The molecule has 1 unspecified atom stereocenters. The highest BCUT2D eigenvalue weighted by molar-refractivity contribution is 5.79. The van der Waals surface area contributed by atoms with Gasteiger partial charge in [-0.2, -0.15) is 0 Å². The molecule has 25 heavy (non-hydrogen) atoms. The molecule has 1 saturated heterocycles. The van der Waals surface area contributed by atoms with Crippen molar-refractivity contribution < 1.29 is 14.3 Å². The number of nitrogens with zero attached hydrogens (tertiary/aromatic N) is 3. The van der Waals surface area contributed by atoms with Gasteiger partial charge >= 0.3 is 0 Å². The smallest absolute Gasteiger partial charge is 0.237 e. The first-order chi connectivity index (χ1) is 12.0. The zero-order chi connectivity index (χ0) is 17.8. The molecule has 0 radical (unpaired) electrons. The molecule has 1 aromatic rings. The first kappa shape index (κ1) is 18.3. The Hall–Kier alpha value is -1.50. The predicted molar refractivity (Wildman–Crippen MR) is 94.5 cm³/mol. The van der Waals surface area contributed by atoms with Gasteiger partial charge in [-0.05, 0) is 25.8 Å². The molecule has 2 aliphatic rings. The fourth-order valence-corrected chi connectivity index (χ4v) is 3.40. The second kappa shape index (κ2) is 8.25. The lowest BCUT2D eigenvalue weighted by molar-refractivity contribution is -0.134. The van der Waals surface area contributed by atoms with Crippen LogP contribution in [0.2, 0.25) is 0 Å². The molecule has 1 heterocycles. The molecular weight excluding hydrogens is 321 g/mol. The van der Waals surface area contributed by atoms with E-state index in [1.165, 1.54) is 6.07 Å². The first-order valence-corrected chi connectivity index (χ1v) is 9.18. The third-order valence-corrected chi connectivity index (χ3v) is 4.95. The molecule has 6 heteroatoms. The standard InChI is InChI=1S/C19H28FN3O2/c1-15(24)12-21-8-10-22(11-9-21)14-19(25)23(17-6-7-17)13-16-4-2-3-5-18(16)20/h2-5,15,17,24H,6-14H2,1H3. The van der Waals surface area contributed by atoms with Crippen LogP contribution in [0.25, 0.3) is 0 Å². The molecule has 2 fully saturated rings. The van der Waals surface area contributed by atoms with Gasteiger partial charge in [-0.3, -0.25) is 14.6 Å². The average molecular weight is 349 g/mol. The molecule has 5 nitrogen and oxygen atoms in total. The lowest BCUT2D eigenvalue weighted by Crippen LogP contribution is -2.51. The van der Waals surface area contributed by atoms with E-state index in [9.17, 15) is 14.3 Å². The van der Waals surface area contributed by atoms with Gasteiger partial charge < -0.3 is 10.0 Å². The topological polar surface area (TPSA) is 47.0 Å². The highest BCUT2D eigenvalue weighted by atomic mass is 19.1. The molecule has 1 atom stereocenters. The van der Waals surface area contributed by atoms with Crippen LogP contribution in [0.5, 0.6) is 0 Å². The molecule has 1 saturated carbocycles. The highest BCUT2D eigenvalue weighted by Gasteiger charge is 2.34. The van der Waals surface area contributed by atoms with E-state index in [0.29, 0.717) is 25.2 Å². The number of piperazine rings is 1. The number of halogens is 1. The monoisotopic (exact) mass is 349 g/mol. The summed E-state index contributed by atoms with van der Waals surface area (Å²) in [7, 11) is 0. The van der Waals surface area contributed by atoms with Crippen LogP contribution in [-0.2, 0) is 11.3 Å². The van der Waals surface area contributed by atoms with Crippen LogP contribution in [0.15, 0.2) is 24.3 Å². The van der Waals surface area contributed by atoms with E-state index in [4.69, 9.17) is 0 Å². The molecular formula is C19H28FN3O2. The number of aliphatic hydroxyl groups is 1. The molecule has 0 spiro atoms. The van der Waals surface area contributed by atoms with Crippen molar-refractivity contribution in [3.05, 3.63) is 35.6 Å². The molecule has 3 rings (SSSR count). The van der Waals surface area contributed by atoms with E-state index in [-0.39, 0.29) is 23.9 Å². The summed E-state index contributed by atoms with van der Waals surface area (Å²) in [5.41, 5.74) is 0.588. The van der Waals surface area contributed by atoms with Gasteiger partial charge in [-0.25, -0.2) is 4.39 Å². The minimum absolute atomic E-state index is 0.0923. The Kier molecular flexibility index (Phi) is 6.04. The molecule has 1 amide bonds. The van der Waals surface area contributed by atoms with Crippen molar-refractivity contribution >= 4 is 5.91 Å². The normalized spacial score (nSPS) is 20.4. The van der Waals surface area contributed by atoms with Crippen molar-refractivity contribution in [1.82, 2.24) is 14.7 Å². The summed E-state index contributed by atoms with van der Waals surface area (Å²) in [6.45, 7) is 6.64. The number of β-amino-alcohol motifs (C(OH)–C–C–N with tert-alkyl or cyclic N) is 1. The zero-order valence-corrected chi connectivity index (χ0v) is 14.9. The minimum atomic E-state index is -0.320. The molecule has 1 aliphatic heterocycles. The van der Waals surface area contributed by atoms with Gasteiger partial charge in [0, 0.05) is 50.9 Å². The van der Waals surface area contributed by atoms with E-state index >= 15 is 0 Å². The van der Waals surface area contributed by atoms with Crippen molar-refractivity contribution in [3.8, 4) is 0 Å². The Labute approximate surface area is 149 Å². The van der Waals surface area contributed by atoms with Crippen molar-refractivity contribution in [2.45, 2.75) is 38.5 Å². The van der Waals surface area contributed by atoms with Gasteiger partial charge in [0.05, 0.1) is 12.6 Å². The molecule has 0 bridgehead atoms. The Morgan fingerprint density at radius 2 is 1.88 bits per heavy atom. The molecule has 0 aromatic heterocycles. The van der Waals surface area contributed by atoms with Crippen molar-refractivity contribution in [2.24, 2.45) is 0 Å². The van der Waals surface area contributed by atoms with Crippen LogP contribution in [0.1, 0.15) is 25.3 Å². The highest BCUT2D eigenvalue weighted by Crippen LogP contribution is 2.29. The number of benzene rings is 1. The number of hydrogen-bond acceptors (Lipinski definition) is 4. The zero-order valence-electron chi connectivity index (χ0n) is 14.9. The second-order valence-electron chi connectivity index (χ2n) is 7.27. The fraction of sp³-hybridized carbons (Fsp3) is 0.632. The summed E-state index contributed by atoms with van der Waals surface area (Å²) in [5, 5.41) is 9.47. The van der Waals surface area contributed by atoms with Crippen LogP contribution in [-0.4, -0.2) is 77.1 Å². The SMILES string of the molecule is CC(O)CN1CCN(CC(=O)N(Cc2ccccc2F)C2CC2)CC1. The summed E-state index contributed by atoms with van der Waals surface area (Å²) in [6, 6.07) is 6.96. The maximum atomic E-state index is 13.9. The van der Waals surface area contributed by atoms with E-state index in [1.807, 2.05) is 11.0 Å². The largest absolute Gasteiger partial charge is 0.392 e. The van der Waals surface area contributed by atoms with Gasteiger partial charge in [-0.1, -0.05) is 18.2 Å². The second-order valence-corrected chi connectivity index (χ2v) is 7.27. The number of hydrogen-bond donors (Lipinski definition) is 1. The first-order valence-electron chi connectivity index (χ1n) is 9.18. The van der Waals surface area contributed by atoms with Crippen LogP contribution in [0.4, 0.5) is 4.39 Å². The van der Waals surface area contributed by atoms with Crippen molar-refractivity contribution in [2.75, 3.05) is 39.3 Å². The van der Waals surface area contributed by atoms with E-state index < -0.39 is 0 Å². The Morgan fingerprint density at radius 3 is 2.48 bits per heavy atom. The quantitative estimate of drug-likeness (QED) is 0.806. The number of carbonyl (C=O) groups is 1. The van der Waals surface area contributed by atoms with E-state index in [2.05, 4.69) is 9.80 Å². The maximum absolute atomic E-state index is 13.9. The van der Waals surface area contributed by atoms with Crippen LogP contribution < -0.4 is 0 Å². The van der Waals surface area contributed by atoms with Gasteiger partial charge in [0.2, 0.25) is 5.91 Å². The van der Waals surface area contributed by atoms with E-state index in [0.717, 1.165) is 39.0 Å². The Bertz CT molecular complexity index is 584. The Balaban J connectivity index is 1.53. The van der Waals surface area contributed by atoms with Gasteiger partial charge in [0.1, 0.15) is 5.82 Å². The minimum Gasteiger partial charge on any atom is -0.392 e. The molecule has 1 aromatic carbocycles. The number of carbonyl (C=O) groups excluding carboxylic acids is 1. The third kappa shape index (κ3) is 5.23. The summed E-state index contributed by atoms with van der Waals surface area (Å²) in [4.78, 5) is 19.0. The summed E-state index contributed by atoms with van der Waals surface area (Å²) in [6.07, 6.45) is 1.71. The van der Waals surface area contributed by atoms with Gasteiger partial charge in [0.25, 0.3) is 0 Å². The maximum Gasteiger partial charge on any atom is 0.237 e. The van der Waals surface area contributed by atoms with Gasteiger partial charge in [-0.15, -0.1) is 0 Å². The molecule has 138 valence electrons. The van der Waals surface area contributed by atoms with Crippen molar-refractivity contribution in [3.63, 3.8) is 0 Å². The average Bonchev–Trinajstić information content (AvgIpc) is 3.40. The predicted octanol–water partition coefficient (Wildman–Crippen LogP) is 1.32. The lowest BCUT2D eigenvalue weighted by atomic mass is 10.2. The van der Waals surface area contributed by atoms with Gasteiger partial charge in [0.15, 0.2) is 0 Å². The van der Waals surface area contributed by atoms with E-state index in [1.54, 1.807) is 19.1 Å². The fourth-order valence-electron chi connectivity index (χ4n) is 3.40.